The van der Waals surface area contributed by atoms with Crippen LogP contribution in [0.3, 0.4) is 0 Å². The summed E-state index contributed by atoms with van der Waals surface area (Å²) in [6, 6.07) is 3.67. The molecule has 28 heavy (non-hydrogen) atoms. The van der Waals surface area contributed by atoms with Crippen molar-refractivity contribution in [2.45, 2.75) is 38.5 Å². The number of nitrogens with one attached hydrogen (secondary N) is 1. The van der Waals surface area contributed by atoms with Crippen molar-refractivity contribution in [1.29, 1.82) is 0 Å². The fourth-order valence-corrected chi connectivity index (χ4v) is 6.05. The molecule has 1 aliphatic heterocycles. The maximum Gasteiger partial charge on any atom is 0.263 e. The van der Waals surface area contributed by atoms with Gasteiger partial charge in [-0.2, -0.15) is 0 Å². The van der Waals surface area contributed by atoms with Crippen LogP contribution in [0.5, 0.6) is 0 Å². The third-order valence-corrected chi connectivity index (χ3v) is 7.53. The Kier molecular flexibility index (Phi) is 5.50. The normalized spacial score (nSPS) is 19.1. The van der Waals surface area contributed by atoms with Crippen molar-refractivity contribution in [3.05, 3.63) is 38.4 Å². The number of aryl methyl sites for hydroxylation is 1. The minimum Gasteiger partial charge on any atom is -0.365 e. The highest BCUT2D eigenvalue weighted by Gasteiger charge is 2.31. The lowest BCUT2D eigenvalue weighted by Crippen LogP contribution is -2.43. The van der Waals surface area contributed by atoms with Crippen molar-refractivity contribution in [1.82, 2.24) is 4.90 Å². The molecule has 3 amide bonds. The molecule has 0 spiro atoms. The number of hydrogen-bond donors (Lipinski definition) is 2. The smallest absolute Gasteiger partial charge is 0.263 e. The number of primary amides is 1. The molecule has 0 unspecified atom stereocenters. The number of anilines is 1. The summed E-state index contributed by atoms with van der Waals surface area (Å²) >= 11 is 2.89. The second-order valence-corrected chi connectivity index (χ2v) is 9.39. The lowest BCUT2D eigenvalue weighted by Gasteiger charge is -2.31. The zero-order chi connectivity index (χ0) is 19.7. The van der Waals surface area contributed by atoms with Gasteiger partial charge in [0.2, 0.25) is 5.91 Å². The number of thiophene rings is 2. The Balaban J connectivity index is 1.49. The van der Waals surface area contributed by atoms with Crippen molar-refractivity contribution >= 4 is 45.4 Å². The second kappa shape index (κ2) is 8.05. The zero-order valence-corrected chi connectivity index (χ0v) is 17.2. The molecule has 2 aromatic rings. The molecule has 0 radical (unpaired) electrons. The Bertz CT molecular complexity index is 904. The average molecular weight is 418 g/mol. The molecule has 3 N–H and O–H groups in total. The van der Waals surface area contributed by atoms with Crippen LogP contribution in [0.15, 0.2) is 17.5 Å². The molecule has 6 nitrogen and oxygen atoms in total. The summed E-state index contributed by atoms with van der Waals surface area (Å²) in [7, 11) is 0. The molecule has 2 aliphatic rings. The van der Waals surface area contributed by atoms with E-state index in [-0.39, 0.29) is 17.7 Å². The number of hydrogen-bond acceptors (Lipinski definition) is 5. The Labute approximate surface area is 171 Å². The Hall–Kier alpha value is -2.19. The highest BCUT2D eigenvalue weighted by atomic mass is 32.1. The number of nitrogens with zero attached hydrogens (tertiary/aromatic N) is 1. The van der Waals surface area contributed by atoms with Crippen molar-refractivity contribution in [2.75, 3.05) is 18.4 Å². The van der Waals surface area contributed by atoms with Crippen LogP contribution in [-0.4, -0.2) is 35.7 Å². The first kappa shape index (κ1) is 19.1. The van der Waals surface area contributed by atoms with Crippen molar-refractivity contribution < 1.29 is 14.4 Å². The van der Waals surface area contributed by atoms with Gasteiger partial charge in [-0.3, -0.25) is 14.4 Å². The quantitative estimate of drug-likeness (QED) is 0.800. The van der Waals surface area contributed by atoms with Crippen LogP contribution in [0.4, 0.5) is 5.00 Å². The van der Waals surface area contributed by atoms with Gasteiger partial charge in [0.15, 0.2) is 0 Å². The van der Waals surface area contributed by atoms with Gasteiger partial charge in [0.05, 0.1) is 16.4 Å². The van der Waals surface area contributed by atoms with Gasteiger partial charge in [-0.05, 0) is 55.5 Å². The summed E-state index contributed by atoms with van der Waals surface area (Å²) in [6.45, 7) is 1.07. The zero-order valence-electron chi connectivity index (χ0n) is 15.5. The van der Waals surface area contributed by atoms with Crippen molar-refractivity contribution in [2.24, 2.45) is 11.7 Å². The fourth-order valence-electron chi connectivity index (χ4n) is 4.06. The van der Waals surface area contributed by atoms with Crippen LogP contribution in [0.2, 0.25) is 0 Å². The molecule has 1 aliphatic carbocycles. The molecule has 2 aromatic heterocycles. The Morgan fingerprint density at radius 1 is 1.18 bits per heavy atom. The molecule has 8 heteroatoms. The number of amides is 3. The van der Waals surface area contributed by atoms with Gasteiger partial charge in [-0.15, -0.1) is 22.7 Å². The lowest BCUT2D eigenvalue weighted by atomic mass is 9.95. The van der Waals surface area contributed by atoms with Gasteiger partial charge in [-0.25, -0.2) is 0 Å². The van der Waals surface area contributed by atoms with Crippen LogP contribution in [0.25, 0.3) is 0 Å². The molecule has 0 aromatic carbocycles. The van der Waals surface area contributed by atoms with Crippen LogP contribution >= 0.6 is 22.7 Å². The number of piperidine rings is 1. The third kappa shape index (κ3) is 3.71. The summed E-state index contributed by atoms with van der Waals surface area (Å²) in [4.78, 5) is 41.2. The van der Waals surface area contributed by atoms with E-state index in [9.17, 15) is 14.4 Å². The number of fused-ring (bicyclic) bond motifs is 1. The number of nitrogens with two attached hydrogens (primary N) is 1. The molecular formula is C20H23N3O3S2. The van der Waals surface area contributed by atoms with E-state index in [1.165, 1.54) is 22.7 Å². The molecule has 148 valence electrons. The summed E-state index contributed by atoms with van der Waals surface area (Å²) in [5, 5.41) is 5.41. The predicted molar refractivity (Wildman–Crippen MR) is 111 cm³/mol. The molecule has 1 fully saturated rings. The standard InChI is InChI=1S/C20H23N3O3S2/c21-17(24)16-13-6-1-2-7-14(13)28-19(16)22-18(25)12-5-3-9-23(11-12)20(26)15-8-4-10-27-15/h4,8,10,12H,1-3,5-7,9,11H2,(H2,21,24)(H,22,25)/t12-/m0/s1. The first-order valence-corrected chi connectivity index (χ1v) is 11.3. The molecule has 0 bridgehead atoms. The van der Waals surface area contributed by atoms with Gasteiger partial charge in [0, 0.05) is 18.0 Å². The summed E-state index contributed by atoms with van der Waals surface area (Å²) < 4.78 is 0. The van der Waals surface area contributed by atoms with E-state index in [1.807, 2.05) is 17.5 Å². The van der Waals surface area contributed by atoms with E-state index in [0.29, 0.717) is 28.5 Å². The number of carbonyl (C=O) groups is 3. The van der Waals surface area contributed by atoms with Crippen LogP contribution in [-0.2, 0) is 17.6 Å². The summed E-state index contributed by atoms with van der Waals surface area (Å²) in [5.41, 5.74) is 7.11. The number of rotatable bonds is 4. The largest absolute Gasteiger partial charge is 0.365 e. The van der Waals surface area contributed by atoms with E-state index < -0.39 is 5.91 Å². The Morgan fingerprint density at radius 2 is 2.00 bits per heavy atom. The maximum atomic E-state index is 12.9. The Morgan fingerprint density at radius 3 is 2.75 bits per heavy atom. The predicted octanol–water partition coefficient (Wildman–Crippen LogP) is 3.28. The fraction of sp³-hybridized carbons (Fsp3) is 0.450. The van der Waals surface area contributed by atoms with Crippen LogP contribution in [0.1, 0.15) is 56.2 Å². The van der Waals surface area contributed by atoms with Gasteiger partial charge in [0.25, 0.3) is 11.8 Å². The first-order valence-electron chi connectivity index (χ1n) is 9.62. The highest BCUT2D eigenvalue weighted by Crippen LogP contribution is 2.38. The van der Waals surface area contributed by atoms with E-state index in [0.717, 1.165) is 49.0 Å². The van der Waals surface area contributed by atoms with E-state index in [2.05, 4.69) is 5.32 Å². The SMILES string of the molecule is NC(=O)c1c(NC(=O)[C@H]2CCCN(C(=O)c3cccs3)C2)sc2c1CCCC2. The average Bonchev–Trinajstić information content (AvgIpc) is 3.35. The summed E-state index contributed by atoms with van der Waals surface area (Å²) in [5.74, 6) is -0.910. The van der Waals surface area contributed by atoms with E-state index >= 15 is 0 Å². The third-order valence-electron chi connectivity index (χ3n) is 5.47. The number of carbonyl (C=O) groups excluding carboxylic acids is 3. The monoisotopic (exact) mass is 417 g/mol. The minimum atomic E-state index is -0.479. The molecule has 1 atom stereocenters. The topological polar surface area (TPSA) is 92.5 Å². The van der Waals surface area contributed by atoms with E-state index in [1.54, 1.807) is 4.90 Å². The van der Waals surface area contributed by atoms with Crippen LogP contribution < -0.4 is 11.1 Å². The molecule has 4 rings (SSSR count). The molecule has 1 saturated heterocycles. The van der Waals surface area contributed by atoms with Crippen LogP contribution in [0, 0.1) is 5.92 Å². The molecule has 3 heterocycles. The van der Waals surface area contributed by atoms with Crippen molar-refractivity contribution in [3.8, 4) is 0 Å². The highest BCUT2D eigenvalue weighted by molar-refractivity contribution is 7.17. The van der Waals surface area contributed by atoms with E-state index in [4.69, 9.17) is 5.73 Å². The van der Waals surface area contributed by atoms with Gasteiger partial charge in [0.1, 0.15) is 5.00 Å². The van der Waals surface area contributed by atoms with Gasteiger partial charge in [-0.1, -0.05) is 6.07 Å². The second-order valence-electron chi connectivity index (χ2n) is 7.34. The van der Waals surface area contributed by atoms with Gasteiger partial charge < -0.3 is 16.0 Å². The lowest BCUT2D eigenvalue weighted by molar-refractivity contribution is -0.121. The first-order chi connectivity index (χ1) is 13.5. The molecular weight excluding hydrogens is 394 g/mol. The van der Waals surface area contributed by atoms with Crippen molar-refractivity contribution in [3.63, 3.8) is 0 Å². The minimum absolute atomic E-state index is 0.0167. The maximum absolute atomic E-state index is 12.9. The molecule has 0 saturated carbocycles. The van der Waals surface area contributed by atoms with Gasteiger partial charge >= 0.3 is 0 Å². The number of likely N-dealkylation sites (tertiary alicyclic amines) is 1. The summed E-state index contributed by atoms with van der Waals surface area (Å²) in [6.07, 6.45) is 5.44.